The first-order chi connectivity index (χ1) is 8.41. The third kappa shape index (κ3) is 3.34. The van der Waals surface area contributed by atoms with E-state index in [1.54, 1.807) is 0 Å². The number of amides is 2. The molecule has 0 aliphatic carbocycles. The van der Waals surface area contributed by atoms with Gasteiger partial charge in [-0.25, -0.2) is 4.79 Å². The lowest BCUT2D eigenvalue weighted by atomic mass is 10.1. The summed E-state index contributed by atoms with van der Waals surface area (Å²) in [5, 5.41) is 20.0. The second-order valence-electron chi connectivity index (χ2n) is 3.22. The molecule has 0 saturated carbocycles. The molecule has 2 amide bonds. The van der Waals surface area contributed by atoms with E-state index < -0.39 is 17.8 Å². The van der Waals surface area contributed by atoms with E-state index in [4.69, 9.17) is 10.8 Å². The number of para-hydroxylation sites is 1. The van der Waals surface area contributed by atoms with Gasteiger partial charge in [0.25, 0.3) is 5.91 Å². The standard InChI is InChI=1S/C11H10N2O5/c12-11(18)6-2-1-3-7(14)10(6)13-8(15)4-5-9(16)17/h1-5,14H,(H2,12,18)(H,13,15)(H,16,17). The van der Waals surface area contributed by atoms with Crippen molar-refractivity contribution in [2.24, 2.45) is 5.73 Å². The van der Waals surface area contributed by atoms with Crippen molar-refractivity contribution < 1.29 is 24.6 Å². The van der Waals surface area contributed by atoms with Crippen molar-refractivity contribution in [3.05, 3.63) is 35.9 Å². The Morgan fingerprint density at radius 3 is 2.44 bits per heavy atom. The maximum Gasteiger partial charge on any atom is 0.328 e. The highest BCUT2D eigenvalue weighted by Crippen LogP contribution is 2.26. The molecule has 94 valence electrons. The highest BCUT2D eigenvalue weighted by atomic mass is 16.4. The minimum absolute atomic E-state index is 0.0768. The lowest BCUT2D eigenvalue weighted by Gasteiger charge is -2.08. The van der Waals surface area contributed by atoms with Gasteiger partial charge in [-0.05, 0) is 12.1 Å². The van der Waals surface area contributed by atoms with Crippen molar-refractivity contribution in [2.75, 3.05) is 5.32 Å². The molecule has 18 heavy (non-hydrogen) atoms. The third-order valence-electron chi connectivity index (χ3n) is 1.93. The Labute approximate surface area is 102 Å². The molecule has 0 aliphatic heterocycles. The van der Waals surface area contributed by atoms with Crippen LogP contribution in [-0.2, 0) is 9.59 Å². The average molecular weight is 250 g/mol. The Hall–Kier alpha value is -2.83. The fraction of sp³-hybridized carbons (Fsp3) is 0. The summed E-state index contributed by atoms with van der Waals surface area (Å²) in [6, 6.07) is 3.96. The summed E-state index contributed by atoms with van der Waals surface area (Å²) in [5.41, 5.74) is 4.83. The maximum absolute atomic E-state index is 11.3. The summed E-state index contributed by atoms with van der Waals surface area (Å²) < 4.78 is 0. The Balaban J connectivity index is 3.00. The predicted molar refractivity (Wildman–Crippen MR) is 62.0 cm³/mol. The number of primary amides is 1. The number of aliphatic carboxylic acids is 1. The Morgan fingerprint density at radius 1 is 1.22 bits per heavy atom. The van der Waals surface area contributed by atoms with Gasteiger partial charge in [0.15, 0.2) is 0 Å². The first-order valence-electron chi connectivity index (χ1n) is 4.75. The van der Waals surface area contributed by atoms with E-state index in [-0.39, 0.29) is 17.0 Å². The van der Waals surface area contributed by atoms with E-state index in [2.05, 4.69) is 5.32 Å². The molecule has 1 aromatic rings. The lowest BCUT2D eigenvalue weighted by Crippen LogP contribution is -2.17. The van der Waals surface area contributed by atoms with Crippen LogP contribution in [0.3, 0.4) is 0 Å². The molecule has 0 saturated heterocycles. The number of carboxylic acids is 1. The van der Waals surface area contributed by atoms with Crippen molar-refractivity contribution in [3.8, 4) is 5.75 Å². The summed E-state index contributed by atoms with van der Waals surface area (Å²) in [6.45, 7) is 0. The van der Waals surface area contributed by atoms with Crippen molar-refractivity contribution in [2.45, 2.75) is 0 Å². The highest BCUT2D eigenvalue weighted by Gasteiger charge is 2.13. The molecule has 0 bridgehead atoms. The topological polar surface area (TPSA) is 130 Å². The predicted octanol–water partition coefficient (Wildman–Crippen LogP) is 0.0704. The van der Waals surface area contributed by atoms with Crippen LogP contribution < -0.4 is 11.1 Å². The Bertz CT molecular complexity index is 536. The number of nitrogens with two attached hydrogens (primary N) is 1. The summed E-state index contributed by atoms with van der Waals surface area (Å²) >= 11 is 0. The van der Waals surface area contributed by atoms with E-state index >= 15 is 0 Å². The van der Waals surface area contributed by atoms with E-state index in [0.717, 1.165) is 6.08 Å². The number of anilines is 1. The second-order valence-corrected chi connectivity index (χ2v) is 3.22. The number of carboxylic acid groups (broad SMARTS) is 1. The Kier molecular flexibility index (Phi) is 4.03. The van der Waals surface area contributed by atoms with Crippen LogP contribution in [0.4, 0.5) is 5.69 Å². The van der Waals surface area contributed by atoms with Crippen molar-refractivity contribution in [1.29, 1.82) is 0 Å². The first kappa shape index (κ1) is 13.2. The number of carbonyl (C=O) groups is 3. The van der Waals surface area contributed by atoms with Crippen LogP contribution in [0.1, 0.15) is 10.4 Å². The molecule has 7 heteroatoms. The normalized spacial score (nSPS) is 10.2. The zero-order valence-electron chi connectivity index (χ0n) is 9.08. The fourth-order valence-electron chi connectivity index (χ4n) is 1.19. The first-order valence-corrected chi connectivity index (χ1v) is 4.75. The number of hydrogen-bond acceptors (Lipinski definition) is 4. The number of carbonyl (C=O) groups excluding carboxylic acids is 2. The SMILES string of the molecule is NC(=O)c1cccc(O)c1NC(=O)C=CC(=O)O. The van der Waals surface area contributed by atoms with Crippen LogP contribution in [0.2, 0.25) is 0 Å². The molecule has 1 rings (SSSR count). The molecule has 0 aromatic heterocycles. The van der Waals surface area contributed by atoms with E-state index in [0.29, 0.717) is 6.08 Å². The van der Waals surface area contributed by atoms with Crippen LogP contribution in [0.15, 0.2) is 30.4 Å². The summed E-state index contributed by atoms with van der Waals surface area (Å²) in [4.78, 5) is 32.6. The summed E-state index contributed by atoms with van der Waals surface area (Å²) in [6.07, 6.45) is 1.37. The molecule has 0 heterocycles. The minimum atomic E-state index is -1.29. The van der Waals surface area contributed by atoms with Crippen LogP contribution in [-0.4, -0.2) is 28.0 Å². The molecule has 0 fully saturated rings. The van der Waals surface area contributed by atoms with Gasteiger partial charge in [0.05, 0.1) is 11.3 Å². The molecule has 7 nitrogen and oxygen atoms in total. The number of rotatable bonds is 4. The van der Waals surface area contributed by atoms with Crippen LogP contribution in [0, 0.1) is 0 Å². The van der Waals surface area contributed by atoms with E-state index in [9.17, 15) is 19.5 Å². The second kappa shape index (κ2) is 5.48. The lowest BCUT2D eigenvalue weighted by molar-refractivity contribution is -0.131. The van der Waals surface area contributed by atoms with Gasteiger partial charge < -0.3 is 21.3 Å². The van der Waals surface area contributed by atoms with Crippen LogP contribution in [0.25, 0.3) is 0 Å². The van der Waals surface area contributed by atoms with Gasteiger partial charge in [-0.1, -0.05) is 6.07 Å². The zero-order chi connectivity index (χ0) is 13.7. The summed E-state index contributed by atoms with van der Waals surface area (Å²) in [5.74, 6) is -3.27. The van der Waals surface area contributed by atoms with Crippen molar-refractivity contribution in [1.82, 2.24) is 0 Å². The molecule has 1 aromatic carbocycles. The van der Waals surface area contributed by atoms with Crippen molar-refractivity contribution >= 4 is 23.5 Å². The summed E-state index contributed by atoms with van der Waals surface area (Å²) in [7, 11) is 0. The van der Waals surface area contributed by atoms with Gasteiger partial charge >= 0.3 is 5.97 Å². The number of hydrogen-bond donors (Lipinski definition) is 4. The molecule has 0 aliphatic rings. The number of phenolic OH excluding ortho intramolecular Hbond substituents is 1. The number of phenols is 1. The zero-order valence-corrected chi connectivity index (χ0v) is 9.08. The van der Waals surface area contributed by atoms with E-state index in [1.165, 1.54) is 18.2 Å². The van der Waals surface area contributed by atoms with Gasteiger partial charge in [0, 0.05) is 12.2 Å². The highest BCUT2D eigenvalue weighted by molar-refractivity contribution is 6.08. The van der Waals surface area contributed by atoms with Gasteiger partial charge in [0.1, 0.15) is 5.75 Å². The molecule has 0 spiro atoms. The number of benzene rings is 1. The number of nitrogens with one attached hydrogen (secondary N) is 1. The largest absolute Gasteiger partial charge is 0.506 e. The number of aromatic hydroxyl groups is 1. The van der Waals surface area contributed by atoms with Gasteiger partial charge in [-0.15, -0.1) is 0 Å². The van der Waals surface area contributed by atoms with Gasteiger partial charge in [-0.2, -0.15) is 0 Å². The van der Waals surface area contributed by atoms with Crippen LogP contribution >= 0.6 is 0 Å². The molecule has 0 atom stereocenters. The minimum Gasteiger partial charge on any atom is -0.506 e. The molecule has 0 unspecified atom stereocenters. The smallest absolute Gasteiger partial charge is 0.328 e. The molecular formula is C11H10N2O5. The average Bonchev–Trinajstić information content (AvgIpc) is 2.28. The van der Waals surface area contributed by atoms with Gasteiger partial charge in [0.2, 0.25) is 5.91 Å². The maximum atomic E-state index is 11.3. The van der Waals surface area contributed by atoms with Crippen molar-refractivity contribution in [3.63, 3.8) is 0 Å². The Morgan fingerprint density at radius 2 is 1.89 bits per heavy atom. The van der Waals surface area contributed by atoms with Crippen LogP contribution in [0.5, 0.6) is 5.75 Å². The third-order valence-corrected chi connectivity index (χ3v) is 1.93. The van der Waals surface area contributed by atoms with E-state index in [1.807, 2.05) is 0 Å². The fourth-order valence-corrected chi connectivity index (χ4v) is 1.19. The van der Waals surface area contributed by atoms with Gasteiger partial charge in [-0.3, -0.25) is 9.59 Å². The monoisotopic (exact) mass is 250 g/mol. The molecular weight excluding hydrogens is 240 g/mol. The molecule has 5 N–H and O–H groups in total. The molecule has 0 radical (unpaired) electrons. The quantitative estimate of drug-likeness (QED) is 0.443.